The van der Waals surface area contributed by atoms with Gasteiger partial charge in [0, 0.05) is 37.8 Å². The molecule has 0 aliphatic carbocycles. The number of rotatable bonds is 4. The molecule has 0 radical (unpaired) electrons. The zero-order valence-corrected chi connectivity index (χ0v) is 20.3. The largest absolute Gasteiger partial charge is 0.336 e. The predicted octanol–water partition coefficient (Wildman–Crippen LogP) is 5.29. The average Bonchev–Trinajstić information content (AvgIpc) is 3.30. The van der Waals surface area contributed by atoms with Crippen LogP contribution in [0.25, 0.3) is 0 Å². The predicted molar refractivity (Wildman–Crippen MR) is 131 cm³/mol. The summed E-state index contributed by atoms with van der Waals surface area (Å²) in [5, 5.41) is 10.2. The Balaban J connectivity index is 1.65. The smallest absolute Gasteiger partial charge is 0.255 e. The van der Waals surface area contributed by atoms with Gasteiger partial charge in [0.25, 0.3) is 11.8 Å². The van der Waals surface area contributed by atoms with E-state index in [1.807, 2.05) is 12.1 Å². The highest BCUT2D eigenvalue weighted by atomic mass is 35.5. The fourth-order valence-electron chi connectivity index (χ4n) is 4.14. The summed E-state index contributed by atoms with van der Waals surface area (Å²) >= 11 is 18.3. The Morgan fingerprint density at radius 1 is 1.00 bits per heavy atom. The molecule has 1 saturated heterocycles. The summed E-state index contributed by atoms with van der Waals surface area (Å²) in [6, 6.07) is 16.8. The van der Waals surface area contributed by atoms with E-state index in [0.717, 1.165) is 5.56 Å². The number of nitriles is 1. The molecule has 1 aliphatic rings. The highest BCUT2D eigenvalue weighted by Gasteiger charge is 2.40. The van der Waals surface area contributed by atoms with E-state index >= 15 is 0 Å². The normalized spacial score (nSPS) is 17.3. The first-order chi connectivity index (χ1) is 16.3. The summed E-state index contributed by atoms with van der Waals surface area (Å²) < 4.78 is 0. The number of likely N-dealkylation sites (N-methyl/N-ethyl adjacent to an activating group) is 1. The summed E-state index contributed by atoms with van der Waals surface area (Å²) in [4.78, 5) is 33.8. The molecular weight excluding hydrogens is 495 g/mol. The zero-order valence-electron chi connectivity index (χ0n) is 18.1. The van der Waals surface area contributed by atoms with E-state index in [0.29, 0.717) is 45.0 Å². The van der Waals surface area contributed by atoms with E-state index in [2.05, 4.69) is 4.98 Å². The van der Waals surface area contributed by atoms with Gasteiger partial charge in [-0.15, -0.1) is 0 Å². The zero-order chi connectivity index (χ0) is 24.4. The number of hydrogen-bond acceptors (Lipinski definition) is 4. The number of amides is 2. The molecule has 2 heterocycles. The molecule has 34 heavy (non-hydrogen) atoms. The number of carbonyl (C=O) groups is 2. The number of benzene rings is 2. The third kappa shape index (κ3) is 4.88. The Morgan fingerprint density at radius 2 is 1.71 bits per heavy atom. The Labute approximate surface area is 212 Å². The van der Waals surface area contributed by atoms with Gasteiger partial charge in [-0.05, 0) is 54.1 Å². The van der Waals surface area contributed by atoms with Crippen LogP contribution in [0.4, 0.5) is 0 Å². The number of likely N-dealkylation sites (tertiary alicyclic amines) is 1. The first kappa shape index (κ1) is 24.0. The first-order valence-corrected chi connectivity index (χ1v) is 11.5. The van der Waals surface area contributed by atoms with E-state index < -0.39 is 0 Å². The SMILES string of the molecule is CN(C(=O)c1ccc(Cl)nc1)[C@@H]1CN(C(=O)c2ccc(C#N)cc2)CC1c1ccc(Cl)c(Cl)c1. The van der Waals surface area contributed by atoms with Gasteiger partial charge in [-0.2, -0.15) is 5.26 Å². The molecule has 3 aromatic rings. The summed E-state index contributed by atoms with van der Waals surface area (Å²) in [5.41, 5.74) is 2.23. The number of nitrogens with zero attached hydrogens (tertiary/aromatic N) is 4. The lowest BCUT2D eigenvalue weighted by atomic mass is 9.93. The molecule has 1 aromatic heterocycles. The van der Waals surface area contributed by atoms with Crippen molar-refractivity contribution in [2.75, 3.05) is 20.1 Å². The average molecular weight is 514 g/mol. The molecule has 1 aliphatic heterocycles. The molecule has 0 bridgehead atoms. The Kier molecular flexibility index (Phi) is 7.08. The second kappa shape index (κ2) is 10.0. The number of halogens is 3. The lowest BCUT2D eigenvalue weighted by Gasteiger charge is -2.29. The molecule has 1 unspecified atom stereocenters. The van der Waals surface area contributed by atoms with Crippen molar-refractivity contribution in [3.63, 3.8) is 0 Å². The fourth-order valence-corrected chi connectivity index (χ4v) is 4.56. The highest BCUT2D eigenvalue weighted by molar-refractivity contribution is 6.42. The highest BCUT2D eigenvalue weighted by Crippen LogP contribution is 2.35. The third-order valence-corrected chi connectivity index (χ3v) is 6.96. The van der Waals surface area contributed by atoms with Crippen molar-refractivity contribution >= 4 is 46.6 Å². The first-order valence-electron chi connectivity index (χ1n) is 10.4. The number of aromatic nitrogens is 1. The minimum Gasteiger partial charge on any atom is -0.336 e. The van der Waals surface area contributed by atoms with E-state index in [4.69, 9.17) is 40.1 Å². The van der Waals surface area contributed by atoms with Crippen molar-refractivity contribution in [3.8, 4) is 6.07 Å². The van der Waals surface area contributed by atoms with Crippen molar-refractivity contribution in [2.45, 2.75) is 12.0 Å². The van der Waals surface area contributed by atoms with Gasteiger partial charge in [-0.3, -0.25) is 9.59 Å². The van der Waals surface area contributed by atoms with E-state index in [9.17, 15) is 9.59 Å². The van der Waals surface area contributed by atoms with Gasteiger partial charge in [0.05, 0.1) is 33.3 Å². The monoisotopic (exact) mass is 512 g/mol. The molecule has 2 atom stereocenters. The van der Waals surface area contributed by atoms with Crippen LogP contribution in [0.5, 0.6) is 0 Å². The second-order valence-corrected chi connectivity index (χ2v) is 9.23. The van der Waals surface area contributed by atoms with Gasteiger partial charge in [-0.25, -0.2) is 4.98 Å². The molecule has 0 spiro atoms. The van der Waals surface area contributed by atoms with Gasteiger partial charge in [-0.1, -0.05) is 40.9 Å². The van der Waals surface area contributed by atoms with Gasteiger partial charge in [0.2, 0.25) is 0 Å². The maximum atomic E-state index is 13.3. The lowest BCUT2D eigenvalue weighted by molar-refractivity contribution is 0.0695. The van der Waals surface area contributed by atoms with Crippen molar-refractivity contribution in [1.82, 2.24) is 14.8 Å². The molecule has 2 amide bonds. The van der Waals surface area contributed by atoms with Crippen LogP contribution in [0.2, 0.25) is 15.2 Å². The lowest BCUT2D eigenvalue weighted by Crippen LogP contribution is -2.42. The summed E-state index contributed by atoms with van der Waals surface area (Å²) in [5.74, 6) is -0.593. The van der Waals surface area contributed by atoms with Crippen LogP contribution in [0.1, 0.15) is 37.8 Å². The number of carbonyl (C=O) groups excluding carboxylic acids is 2. The fraction of sp³-hybridized carbons (Fsp3) is 0.200. The van der Waals surface area contributed by atoms with Crippen LogP contribution in [0, 0.1) is 11.3 Å². The molecule has 4 rings (SSSR count). The van der Waals surface area contributed by atoms with Crippen molar-refractivity contribution in [2.24, 2.45) is 0 Å². The Morgan fingerprint density at radius 3 is 2.32 bits per heavy atom. The molecule has 9 heteroatoms. The van der Waals surface area contributed by atoms with Crippen molar-refractivity contribution in [1.29, 1.82) is 5.26 Å². The quantitative estimate of drug-likeness (QED) is 0.444. The number of pyridine rings is 1. The van der Waals surface area contributed by atoms with Crippen molar-refractivity contribution in [3.05, 3.63) is 98.2 Å². The van der Waals surface area contributed by atoms with Crippen molar-refractivity contribution < 1.29 is 9.59 Å². The molecule has 172 valence electrons. The van der Waals surface area contributed by atoms with Crippen LogP contribution < -0.4 is 0 Å². The Bertz CT molecular complexity index is 1270. The standard InChI is InChI=1S/C25H19Cl3N4O2/c1-31(24(33)18-7-9-23(28)30-12-18)22-14-32(25(34)16-4-2-15(11-29)3-5-16)13-19(22)17-6-8-20(26)21(27)10-17/h2-10,12,19,22H,13-14H2,1H3/t19?,22-/m1/s1. The second-order valence-electron chi connectivity index (χ2n) is 8.03. The summed E-state index contributed by atoms with van der Waals surface area (Å²) in [6.07, 6.45) is 1.43. The molecular formula is C25H19Cl3N4O2. The van der Waals surface area contributed by atoms with E-state index in [1.54, 1.807) is 65.4 Å². The minimum absolute atomic E-state index is 0.175. The molecule has 0 N–H and O–H groups in total. The maximum absolute atomic E-state index is 13.3. The topological polar surface area (TPSA) is 77.3 Å². The van der Waals surface area contributed by atoms with E-state index in [1.165, 1.54) is 6.20 Å². The minimum atomic E-state index is -0.317. The van der Waals surface area contributed by atoms with Gasteiger partial charge >= 0.3 is 0 Å². The Hall–Kier alpha value is -3.11. The number of hydrogen-bond donors (Lipinski definition) is 0. The molecule has 0 saturated carbocycles. The van der Waals surface area contributed by atoms with Crippen LogP contribution in [-0.4, -0.2) is 52.8 Å². The third-order valence-electron chi connectivity index (χ3n) is 6.00. The van der Waals surface area contributed by atoms with E-state index in [-0.39, 0.29) is 23.8 Å². The summed E-state index contributed by atoms with van der Waals surface area (Å²) in [7, 11) is 1.71. The van der Waals surface area contributed by atoms with Crippen LogP contribution in [0.3, 0.4) is 0 Å². The van der Waals surface area contributed by atoms with Gasteiger partial charge in [0.15, 0.2) is 0 Å². The van der Waals surface area contributed by atoms with Crippen LogP contribution >= 0.6 is 34.8 Å². The van der Waals surface area contributed by atoms with Crippen LogP contribution in [0.15, 0.2) is 60.8 Å². The van der Waals surface area contributed by atoms with Crippen LogP contribution in [-0.2, 0) is 0 Å². The van der Waals surface area contributed by atoms with Gasteiger partial charge in [0.1, 0.15) is 5.15 Å². The molecule has 1 fully saturated rings. The van der Waals surface area contributed by atoms with Gasteiger partial charge < -0.3 is 9.80 Å². The maximum Gasteiger partial charge on any atom is 0.255 e. The summed E-state index contributed by atoms with van der Waals surface area (Å²) in [6.45, 7) is 0.713. The molecule has 6 nitrogen and oxygen atoms in total. The molecule has 2 aromatic carbocycles.